The summed E-state index contributed by atoms with van der Waals surface area (Å²) in [6, 6.07) is 9.01. The van der Waals surface area contributed by atoms with Crippen LogP contribution in [0, 0.1) is 19.8 Å². The monoisotopic (exact) mass is 305 g/mol. The van der Waals surface area contributed by atoms with Crippen molar-refractivity contribution in [2.75, 3.05) is 6.54 Å². The smallest absolute Gasteiger partial charge is 0.251 e. The van der Waals surface area contributed by atoms with E-state index in [9.17, 15) is 4.79 Å². The highest BCUT2D eigenvalue weighted by atomic mass is 35.5. The standard InChI is InChI=1S/C16H20ClN3O/c1-11(10-20-13(3)7-12(2)19-20)9-18-16(21)14-5-4-6-15(17)8-14/h4-8,11H,9-10H2,1-3H3,(H,18,21)/t11-/m1/s1. The lowest BCUT2D eigenvalue weighted by Gasteiger charge is -2.14. The first-order chi connectivity index (χ1) is 9.95. The Balaban J connectivity index is 1.88. The van der Waals surface area contributed by atoms with Gasteiger partial charge in [-0.15, -0.1) is 0 Å². The normalized spacial score (nSPS) is 12.2. The Hall–Kier alpha value is -1.81. The Bertz CT molecular complexity index is 636. The zero-order chi connectivity index (χ0) is 15.4. The minimum Gasteiger partial charge on any atom is -0.352 e. The van der Waals surface area contributed by atoms with E-state index < -0.39 is 0 Å². The molecule has 1 heterocycles. The number of hydrogen-bond acceptors (Lipinski definition) is 2. The van der Waals surface area contributed by atoms with Gasteiger partial charge in [-0.3, -0.25) is 9.48 Å². The molecule has 0 saturated carbocycles. The molecular weight excluding hydrogens is 286 g/mol. The maximum atomic E-state index is 12.0. The van der Waals surface area contributed by atoms with Crippen molar-refractivity contribution in [3.05, 3.63) is 52.3 Å². The number of aryl methyl sites for hydroxylation is 2. The highest BCUT2D eigenvalue weighted by Gasteiger charge is 2.10. The number of rotatable bonds is 5. The summed E-state index contributed by atoms with van der Waals surface area (Å²) in [5.74, 6) is 0.198. The molecule has 0 fully saturated rings. The number of benzene rings is 1. The highest BCUT2D eigenvalue weighted by molar-refractivity contribution is 6.30. The summed E-state index contributed by atoms with van der Waals surface area (Å²) in [5.41, 5.74) is 2.74. The third-order valence-electron chi connectivity index (χ3n) is 3.29. The number of nitrogens with one attached hydrogen (secondary N) is 1. The summed E-state index contributed by atoms with van der Waals surface area (Å²) >= 11 is 5.89. The maximum absolute atomic E-state index is 12.0. The van der Waals surface area contributed by atoms with Gasteiger partial charge in [-0.25, -0.2) is 0 Å². The second-order valence-electron chi connectivity index (χ2n) is 5.43. The van der Waals surface area contributed by atoms with E-state index in [0.717, 1.165) is 17.9 Å². The Labute approximate surface area is 130 Å². The lowest BCUT2D eigenvalue weighted by atomic mass is 10.1. The second kappa shape index (κ2) is 6.76. The Morgan fingerprint density at radius 1 is 1.38 bits per heavy atom. The van der Waals surface area contributed by atoms with E-state index in [4.69, 9.17) is 11.6 Å². The fourth-order valence-electron chi connectivity index (χ4n) is 2.22. The Kier molecular flexibility index (Phi) is 5.02. The van der Waals surface area contributed by atoms with Gasteiger partial charge in [-0.1, -0.05) is 24.6 Å². The van der Waals surface area contributed by atoms with Crippen molar-refractivity contribution in [1.29, 1.82) is 0 Å². The molecule has 0 aliphatic heterocycles. The van der Waals surface area contributed by atoms with Crippen molar-refractivity contribution in [1.82, 2.24) is 15.1 Å². The van der Waals surface area contributed by atoms with E-state index in [2.05, 4.69) is 23.4 Å². The molecule has 0 bridgehead atoms. The van der Waals surface area contributed by atoms with Gasteiger partial charge in [0.25, 0.3) is 5.91 Å². The van der Waals surface area contributed by atoms with E-state index >= 15 is 0 Å². The molecule has 0 saturated heterocycles. The van der Waals surface area contributed by atoms with Crippen LogP contribution in [0.2, 0.25) is 5.02 Å². The number of carbonyl (C=O) groups excluding carboxylic acids is 1. The lowest BCUT2D eigenvalue weighted by molar-refractivity contribution is 0.0946. The van der Waals surface area contributed by atoms with Crippen molar-refractivity contribution in [2.45, 2.75) is 27.3 Å². The summed E-state index contributed by atoms with van der Waals surface area (Å²) in [5, 5.41) is 7.94. The molecule has 2 rings (SSSR count). The van der Waals surface area contributed by atoms with E-state index in [1.807, 2.05) is 18.5 Å². The molecule has 2 aromatic rings. The number of aromatic nitrogens is 2. The summed E-state index contributed by atoms with van der Waals surface area (Å²) in [6.45, 7) is 7.50. The van der Waals surface area contributed by atoms with Gasteiger partial charge < -0.3 is 5.32 Å². The van der Waals surface area contributed by atoms with Crippen molar-refractivity contribution >= 4 is 17.5 Å². The van der Waals surface area contributed by atoms with Crippen molar-refractivity contribution < 1.29 is 4.79 Å². The van der Waals surface area contributed by atoms with Gasteiger partial charge in [0.1, 0.15) is 0 Å². The molecule has 21 heavy (non-hydrogen) atoms. The highest BCUT2D eigenvalue weighted by Crippen LogP contribution is 2.11. The third-order valence-corrected chi connectivity index (χ3v) is 3.52. The summed E-state index contributed by atoms with van der Waals surface area (Å²) < 4.78 is 1.98. The predicted molar refractivity (Wildman–Crippen MR) is 84.7 cm³/mol. The van der Waals surface area contributed by atoms with Crippen LogP contribution in [-0.4, -0.2) is 22.2 Å². The van der Waals surface area contributed by atoms with Gasteiger partial charge in [0.2, 0.25) is 0 Å². The van der Waals surface area contributed by atoms with E-state index in [1.165, 1.54) is 0 Å². The SMILES string of the molecule is Cc1cc(C)n(C[C@H](C)CNC(=O)c2cccc(Cl)c2)n1. The summed E-state index contributed by atoms with van der Waals surface area (Å²) in [6.07, 6.45) is 0. The molecule has 0 radical (unpaired) electrons. The molecule has 112 valence electrons. The van der Waals surface area contributed by atoms with E-state index in [0.29, 0.717) is 23.0 Å². The number of carbonyl (C=O) groups is 1. The van der Waals surface area contributed by atoms with Crippen molar-refractivity contribution in [3.63, 3.8) is 0 Å². The van der Waals surface area contributed by atoms with Crippen LogP contribution in [0.3, 0.4) is 0 Å². The average Bonchev–Trinajstić information content (AvgIpc) is 2.74. The van der Waals surface area contributed by atoms with E-state index in [1.54, 1.807) is 24.3 Å². The van der Waals surface area contributed by atoms with Crippen LogP contribution in [0.15, 0.2) is 30.3 Å². The zero-order valence-electron chi connectivity index (χ0n) is 12.6. The lowest BCUT2D eigenvalue weighted by Crippen LogP contribution is -2.30. The molecule has 0 aliphatic rings. The maximum Gasteiger partial charge on any atom is 0.251 e. The molecule has 0 unspecified atom stereocenters. The zero-order valence-corrected chi connectivity index (χ0v) is 13.3. The molecule has 0 spiro atoms. The third kappa shape index (κ3) is 4.33. The van der Waals surface area contributed by atoms with Gasteiger partial charge in [-0.2, -0.15) is 5.10 Å². The molecule has 1 aromatic heterocycles. The first kappa shape index (κ1) is 15.6. The van der Waals surface area contributed by atoms with Crippen LogP contribution in [0.25, 0.3) is 0 Å². The summed E-state index contributed by atoms with van der Waals surface area (Å²) in [7, 11) is 0. The van der Waals surface area contributed by atoms with Gasteiger partial charge in [-0.05, 0) is 44.0 Å². The number of hydrogen-bond donors (Lipinski definition) is 1. The fraction of sp³-hybridized carbons (Fsp3) is 0.375. The number of halogens is 1. The fourth-order valence-corrected chi connectivity index (χ4v) is 2.41. The quantitative estimate of drug-likeness (QED) is 0.922. The van der Waals surface area contributed by atoms with Gasteiger partial charge >= 0.3 is 0 Å². The van der Waals surface area contributed by atoms with Crippen LogP contribution < -0.4 is 5.32 Å². The summed E-state index contributed by atoms with van der Waals surface area (Å²) in [4.78, 5) is 12.0. The molecule has 1 aromatic carbocycles. The van der Waals surface area contributed by atoms with Gasteiger partial charge in [0.15, 0.2) is 0 Å². The number of amides is 1. The second-order valence-corrected chi connectivity index (χ2v) is 5.87. The predicted octanol–water partition coefficient (Wildman–Crippen LogP) is 3.22. The average molecular weight is 306 g/mol. The molecule has 1 amide bonds. The first-order valence-electron chi connectivity index (χ1n) is 7.00. The van der Waals surface area contributed by atoms with Gasteiger partial charge in [0.05, 0.1) is 5.69 Å². The Morgan fingerprint density at radius 2 is 2.14 bits per heavy atom. The van der Waals surface area contributed by atoms with Crippen molar-refractivity contribution in [3.8, 4) is 0 Å². The Morgan fingerprint density at radius 3 is 2.76 bits per heavy atom. The van der Waals surface area contributed by atoms with Crippen LogP contribution in [0.1, 0.15) is 28.7 Å². The largest absolute Gasteiger partial charge is 0.352 e. The van der Waals surface area contributed by atoms with Crippen molar-refractivity contribution in [2.24, 2.45) is 5.92 Å². The minimum atomic E-state index is -0.0993. The topological polar surface area (TPSA) is 46.9 Å². The van der Waals surface area contributed by atoms with E-state index in [-0.39, 0.29) is 5.91 Å². The molecule has 4 nitrogen and oxygen atoms in total. The first-order valence-corrected chi connectivity index (χ1v) is 7.38. The van der Waals surface area contributed by atoms with Crippen LogP contribution in [-0.2, 0) is 6.54 Å². The van der Waals surface area contributed by atoms with Gasteiger partial charge in [0, 0.05) is 29.4 Å². The molecule has 0 aliphatic carbocycles. The van der Waals surface area contributed by atoms with Crippen LogP contribution in [0.5, 0.6) is 0 Å². The minimum absolute atomic E-state index is 0.0993. The molecule has 1 N–H and O–H groups in total. The number of nitrogens with zero attached hydrogens (tertiary/aromatic N) is 2. The molecule has 5 heteroatoms. The van der Waals surface area contributed by atoms with Crippen LogP contribution >= 0.6 is 11.6 Å². The molecule has 1 atom stereocenters. The molecular formula is C16H20ClN3O. The van der Waals surface area contributed by atoms with Crippen LogP contribution in [0.4, 0.5) is 0 Å².